The van der Waals surface area contributed by atoms with Gasteiger partial charge in [-0.15, -0.1) is 11.3 Å². The molecule has 1 aliphatic rings. The summed E-state index contributed by atoms with van der Waals surface area (Å²) in [7, 11) is 1.79. The van der Waals surface area contributed by atoms with Gasteiger partial charge >= 0.3 is 5.97 Å². The van der Waals surface area contributed by atoms with E-state index in [-0.39, 0.29) is 24.4 Å². The topological polar surface area (TPSA) is 97.1 Å². The number of carboxylic acid groups (broad SMARTS) is 1. The Morgan fingerprint density at radius 1 is 1.11 bits per heavy atom. The first-order valence-corrected chi connectivity index (χ1v) is 13.3. The number of nitrogens with zero attached hydrogens (tertiary/aromatic N) is 3. The molecule has 5 rings (SSSR count). The zero-order valence-corrected chi connectivity index (χ0v) is 22.5. The number of benzene rings is 2. The fourth-order valence-electron chi connectivity index (χ4n) is 4.41. The van der Waals surface area contributed by atoms with E-state index in [2.05, 4.69) is 10.4 Å². The van der Waals surface area contributed by atoms with E-state index in [1.54, 1.807) is 48.3 Å². The van der Waals surface area contributed by atoms with Crippen LogP contribution in [0.1, 0.15) is 22.7 Å². The maximum Gasteiger partial charge on any atom is 0.332 e. The van der Waals surface area contributed by atoms with Crippen molar-refractivity contribution in [2.24, 2.45) is 7.05 Å². The first-order valence-electron chi connectivity index (χ1n) is 11.7. The number of amides is 1. The van der Waals surface area contributed by atoms with Gasteiger partial charge in [-0.3, -0.25) is 9.48 Å². The van der Waals surface area contributed by atoms with Gasteiger partial charge in [0, 0.05) is 36.2 Å². The minimum Gasteiger partial charge on any atom is -0.478 e. The van der Waals surface area contributed by atoms with Crippen molar-refractivity contribution in [3.8, 4) is 11.3 Å². The predicted molar refractivity (Wildman–Crippen MR) is 149 cm³/mol. The summed E-state index contributed by atoms with van der Waals surface area (Å²) in [6.45, 7) is 0.230. The molecular formula is C28H22Cl2N4O3S. The van der Waals surface area contributed by atoms with E-state index >= 15 is 0 Å². The summed E-state index contributed by atoms with van der Waals surface area (Å²) in [6, 6.07) is 16.3. The molecule has 2 N–H and O–H groups in total. The van der Waals surface area contributed by atoms with Crippen LogP contribution in [0.25, 0.3) is 16.8 Å². The molecule has 1 amide bonds. The molecule has 0 spiro atoms. The Labute approximate surface area is 233 Å². The maximum atomic E-state index is 13.9. The quantitative estimate of drug-likeness (QED) is 0.291. The molecule has 192 valence electrons. The standard InChI is InChI=1S/C28H22Cl2N4O3S/c1-34-19(10-12-32-34)15-31-26(37)28(27-33-24(16-38-27)18-7-8-22(29)23(30)13-18)11-9-20(21(14-28)25(35)36)17-5-3-2-4-6-17/h2-13,16H,14-15H2,1H3,(H,31,37)(H,35,36). The Hall–Kier alpha value is -3.72. The second-order valence-electron chi connectivity index (χ2n) is 8.84. The molecule has 0 saturated heterocycles. The van der Waals surface area contributed by atoms with Crippen LogP contribution in [0, 0.1) is 0 Å². The van der Waals surface area contributed by atoms with Crippen LogP contribution in [-0.4, -0.2) is 31.7 Å². The van der Waals surface area contributed by atoms with Crippen LogP contribution in [0.2, 0.25) is 10.0 Å². The van der Waals surface area contributed by atoms with E-state index < -0.39 is 11.4 Å². The molecule has 0 fully saturated rings. The summed E-state index contributed by atoms with van der Waals surface area (Å²) < 4.78 is 1.67. The normalized spacial score (nSPS) is 17.0. The zero-order valence-electron chi connectivity index (χ0n) is 20.2. The van der Waals surface area contributed by atoms with Gasteiger partial charge < -0.3 is 10.4 Å². The van der Waals surface area contributed by atoms with Crippen LogP contribution < -0.4 is 5.32 Å². The van der Waals surface area contributed by atoms with Gasteiger partial charge in [0.1, 0.15) is 10.4 Å². The SMILES string of the molecule is Cn1nccc1CNC(=O)C1(c2nc(-c3ccc(Cl)c(Cl)c3)cs2)C=CC(c2ccccc2)=C(C(=O)O)C1. The molecular weight excluding hydrogens is 543 g/mol. The maximum absolute atomic E-state index is 13.9. The first-order chi connectivity index (χ1) is 18.3. The molecule has 1 atom stereocenters. The fourth-order valence-corrected chi connectivity index (χ4v) is 5.71. The number of allylic oxidation sites excluding steroid dienone is 2. The van der Waals surface area contributed by atoms with Crippen molar-refractivity contribution in [2.45, 2.75) is 18.4 Å². The molecule has 2 aromatic carbocycles. The third-order valence-corrected chi connectivity index (χ3v) is 8.28. The van der Waals surface area contributed by atoms with Gasteiger partial charge in [-0.25, -0.2) is 9.78 Å². The smallest absolute Gasteiger partial charge is 0.332 e. The highest BCUT2D eigenvalue weighted by Gasteiger charge is 2.45. The highest BCUT2D eigenvalue weighted by molar-refractivity contribution is 7.10. The number of hydrogen-bond donors (Lipinski definition) is 2. The second kappa shape index (κ2) is 10.6. The van der Waals surface area contributed by atoms with Crippen LogP contribution in [0.3, 0.4) is 0 Å². The Bertz CT molecular complexity index is 1590. The lowest BCUT2D eigenvalue weighted by Crippen LogP contribution is -2.45. The summed E-state index contributed by atoms with van der Waals surface area (Å²) in [4.78, 5) is 31.2. The number of carbonyl (C=O) groups excluding carboxylic acids is 1. The van der Waals surface area contributed by atoms with Crippen molar-refractivity contribution in [3.63, 3.8) is 0 Å². The fraction of sp³-hybridized carbons (Fsp3) is 0.143. The van der Waals surface area contributed by atoms with E-state index in [0.717, 1.165) is 16.8 Å². The second-order valence-corrected chi connectivity index (χ2v) is 10.5. The average Bonchev–Trinajstić information content (AvgIpc) is 3.58. The molecule has 0 aliphatic heterocycles. The van der Waals surface area contributed by atoms with Gasteiger partial charge in [-0.2, -0.15) is 5.10 Å². The van der Waals surface area contributed by atoms with Crippen molar-refractivity contribution in [1.82, 2.24) is 20.1 Å². The van der Waals surface area contributed by atoms with Crippen molar-refractivity contribution in [3.05, 3.63) is 110 Å². The largest absolute Gasteiger partial charge is 0.478 e. The Kier molecular flexibility index (Phi) is 7.21. The number of aliphatic carboxylic acids is 1. The molecule has 0 saturated carbocycles. The van der Waals surface area contributed by atoms with Gasteiger partial charge in [0.05, 0.1) is 28.0 Å². The number of aromatic nitrogens is 3. The number of carboxylic acids is 1. The third kappa shape index (κ3) is 4.90. The summed E-state index contributed by atoms with van der Waals surface area (Å²) in [5, 5.41) is 20.5. The van der Waals surface area contributed by atoms with Crippen LogP contribution >= 0.6 is 34.5 Å². The van der Waals surface area contributed by atoms with Gasteiger partial charge in [-0.1, -0.05) is 71.8 Å². The third-order valence-electron chi connectivity index (χ3n) is 6.52. The molecule has 2 aromatic heterocycles. The molecule has 4 aromatic rings. The van der Waals surface area contributed by atoms with E-state index in [0.29, 0.717) is 26.3 Å². The Morgan fingerprint density at radius 3 is 2.58 bits per heavy atom. The summed E-state index contributed by atoms with van der Waals surface area (Å²) >= 11 is 13.6. The van der Waals surface area contributed by atoms with Gasteiger partial charge in [0.25, 0.3) is 0 Å². The van der Waals surface area contributed by atoms with E-state index in [1.807, 2.05) is 41.8 Å². The number of aryl methyl sites for hydroxylation is 1. The lowest BCUT2D eigenvalue weighted by Gasteiger charge is -2.31. The number of rotatable bonds is 7. The average molecular weight is 565 g/mol. The van der Waals surface area contributed by atoms with Crippen LogP contribution in [0.5, 0.6) is 0 Å². The van der Waals surface area contributed by atoms with Crippen molar-refractivity contribution < 1.29 is 14.7 Å². The number of thiazole rings is 1. The van der Waals surface area contributed by atoms with E-state index in [4.69, 9.17) is 28.2 Å². The summed E-state index contributed by atoms with van der Waals surface area (Å²) in [5.41, 5.74) is 2.30. The lowest BCUT2D eigenvalue weighted by molar-refractivity contribution is -0.133. The number of halogens is 2. The number of carbonyl (C=O) groups is 2. The van der Waals surface area contributed by atoms with E-state index in [9.17, 15) is 14.7 Å². The van der Waals surface area contributed by atoms with Gasteiger partial charge in [0.2, 0.25) is 5.91 Å². The lowest BCUT2D eigenvalue weighted by atomic mass is 9.74. The Balaban J connectivity index is 1.57. The van der Waals surface area contributed by atoms with Gasteiger partial charge in [-0.05, 0) is 29.3 Å². The van der Waals surface area contributed by atoms with Crippen LogP contribution in [-0.2, 0) is 28.6 Å². The highest BCUT2D eigenvalue weighted by atomic mass is 35.5. The monoisotopic (exact) mass is 564 g/mol. The predicted octanol–water partition coefficient (Wildman–Crippen LogP) is 5.90. The molecule has 10 heteroatoms. The molecule has 1 unspecified atom stereocenters. The van der Waals surface area contributed by atoms with E-state index in [1.165, 1.54) is 11.3 Å². The van der Waals surface area contributed by atoms with Gasteiger partial charge in [0.15, 0.2) is 0 Å². The number of hydrogen-bond acceptors (Lipinski definition) is 5. The molecule has 38 heavy (non-hydrogen) atoms. The van der Waals surface area contributed by atoms with Crippen molar-refractivity contribution >= 4 is 52.0 Å². The summed E-state index contributed by atoms with van der Waals surface area (Å²) in [6.07, 6.45) is 5.07. The van der Waals surface area contributed by atoms with Crippen LogP contribution in [0.15, 0.2) is 83.9 Å². The van der Waals surface area contributed by atoms with Crippen LogP contribution in [0.4, 0.5) is 0 Å². The highest BCUT2D eigenvalue weighted by Crippen LogP contribution is 2.43. The molecule has 7 nitrogen and oxygen atoms in total. The minimum absolute atomic E-state index is 0.0609. The molecule has 0 radical (unpaired) electrons. The molecule has 2 heterocycles. The Morgan fingerprint density at radius 2 is 1.89 bits per heavy atom. The molecule has 0 bridgehead atoms. The minimum atomic E-state index is -1.33. The molecule has 1 aliphatic carbocycles. The number of nitrogens with one attached hydrogen (secondary N) is 1. The van der Waals surface area contributed by atoms with Crippen molar-refractivity contribution in [2.75, 3.05) is 0 Å². The summed E-state index contributed by atoms with van der Waals surface area (Å²) in [5.74, 6) is -1.44. The van der Waals surface area contributed by atoms with Crippen molar-refractivity contribution in [1.29, 1.82) is 0 Å². The zero-order chi connectivity index (χ0) is 26.9. The first kappa shape index (κ1) is 25.9.